The Hall–Kier alpha value is -2.55. The molecule has 1 aliphatic heterocycles. The highest BCUT2D eigenvalue weighted by atomic mass is 19.4. The Labute approximate surface area is 161 Å². The van der Waals surface area contributed by atoms with Gasteiger partial charge in [-0.15, -0.1) is 17.7 Å². The first-order valence-electron chi connectivity index (χ1n) is 9.17. The Morgan fingerprint density at radius 1 is 1.36 bits per heavy atom. The molecule has 3 heterocycles. The maximum Gasteiger partial charge on any atom is 0.567 e. The summed E-state index contributed by atoms with van der Waals surface area (Å²) in [6.07, 6.45) is -1.04. The molecule has 1 saturated heterocycles. The van der Waals surface area contributed by atoms with Crippen molar-refractivity contribution in [3.05, 3.63) is 47.7 Å². The van der Waals surface area contributed by atoms with E-state index in [9.17, 15) is 18.0 Å². The van der Waals surface area contributed by atoms with Crippen LogP contribution in [-0.4, -0.2) is 28.3 Å². The fourth-order valence-corrected chi connectivity index (χ4v) is 3.48. The molecule has 0 aromatic carbocycles. The van der Waals surface area contributed by atoms with Gasteiger partial charge in [-0.2, -0.15) is 0 Å². The Morgan fingerprint density at radius 2 is 2.11 bits per heavy atom. The van der Waals surface area contributed by atoms with Gasteiger partial charge in [-0.25, -0.2) is 4.98 Å². The molecule has 28 heavy (non-hydrogen) atoms. The molecule has 150 valence electrons. The summed E-state index contributed by atoms with van der Waals surface area (Å²) in [5.41, 5.74) is 6.08. The van der Waals surface area contributed by atoms with Crippen molar-refractivity contribution in [2.24, 2.45) is 5.92 Å². The average molecular weight is 394 g/mol. The zero-order valence-corrected chi connectivity index (χ0v) is 15.7. The van der Waals surface area contributed by atoms with Crippen LogP contribution >= 0.6 is 0 Å². The number of alkyl halides is 3. The summed E-state index contributed by atoms with van der Waals surface area (Å²) < 4.78 is 40.4. The van der Waals surface area contributed by atoms with Crippen molar-refractivity contribution in [2.75, 3.05) is 12.3 Å². The molecule has 3 rings (SSSR count). The highest BCUT2D eigenvalue weighted by Crippen LogP contribution is 2.29. The molecule has 0 bridgehead atoms. The molecule has 2 aromatic heterocycles. The monoisotopic (exact) mass is 394 g/mol. The van der Waals surface area contributed by atoms with Crippen LogP contribution in [0.3, 0.4) is 0 Å². The number of nitrogens with zero attached hydrogens (tertiary/aromatic N) is 3. The third kappa shape index (κ3) is 4.14. The maximum absolute atomic E-state index is 13.5. The van der Waals surface area contributed by atoms with Crippen molar-refractivity contribution < 1.29 is 22.5 Å². The van der Waals surface area contributed by atoms with Gasteiger partial charge in [0.25, 0.3) is 5.78 Å². The minimum Gasteiger partial charge on any atom is -0.383 e. The van der Waals surface area contributed by atoms with Gasteiger partial charge < -0.3 is 11.1 Å². The summed E-state index contributed by atoms with van der Waals surface area (Å²) >= 11 is 0. The molecule has 0 radical (unpaired) electrons. The first-order chi connectivity index (χ1) is 13.2. The number of anilines is 1. The molecule has 3 N–H and O–H groups in total. The third-order valence-electron chi connectivity index (χ3n) is 5.08. The van der Waals surface area contributed by atoms with E-state index in [0.29, 0.717) is 11.6 Å². The van der Waals surface area contributed by atoms with Crippen LogP contribution < -0.4 is 15.6 Å². The van der Waals surface area contributed by atoms with Crippen LogP contribution in [0.15, 0.2) is 30.6 Å². The highest BCUT2D eigenvalue weighted by molar-refractivity contribution is 6.08. The number of hydrogen-bond acceptors (Lipinski definition) is 5. The summed E-state index contributed by atoms with van der Waals surface area (Å²) in [5.74, 6) is -1.36. The molecule has 1 unspecified atom stereocenters. The molecule has 2 aromatic rings. The normalized spacial score (nSPS) is 20.4. The maximum atomic E-state index is 13.5. The lowest BCUT2D eigenvalue weighted by molar-refractivity contribution is -0.857. The molecule has 2 atom stereocenters. The summed E-state index contributed by atoms with van der Waals surface area (Å²) in [5, 5.41) is 3.42. The van der Waals surface area contributed by atoms with Crippen molar-refractivity contribution in [1.82, 2.24) is 15.3 Å². The largest absolute Gasteiger partial charge is 0.567 e. The van der Waals surface area contributed by atoms with Crippen LogP contribution in [0.2, 0.25) is 0 Å². The zero-order valence-electron chi connectivity index (χ0n) is 15.7. The van der Waals surface area contributed by atoms with Crippen LogP contribution in [0.1, 0.15) is 54.5 Å². The van der Waals surface area contributed by atoms with Gasteiger partial charge in [0.1, 0.15) is 12.0 Å². The van der Waals surface area contributed by atoms with E-state index in [2.05, 4.69) is 29.1 Å². The standard InChI is InChI=1S/C19H22F3N5O/c1-11(2)15-10-12(5-8-24-15)14-6-9-27(19(20,21)22)18(26-14)16(28)13-4-3-7-25-17(13)23/h3-4,6-7,9,11-12,15,24H,5,8,10H2,1-2H3,(H-,23,25,28)/p+1/t12?,15-/m1/s1. The van der Waals surface area contributed by atoms with Gasteiger partial charge in [-0.05, 0) is 42.4 Å². The number of nitrogens with two attached hydrogens (primary N) is 1. The number of nitrogens with one attached hydrogen (secondary N) is 1. The minimum atomic E-state index is -4.78. The second kappa shape index (κ2) is 7.83. The molecule has 0 spiro atoms. The Bertz CT molecular complexity index is 869. The first-order valence-corrected chi connectivity index (χ1v) is 9.17. The number of carbonyl (C=O) groups is 1. The van der Waals surface area contributed by atoms with E-state index in [0.717, 1.165) is 25.6 Å². The molecule has 1 aliphatic rings. The number of halogens is 3. The number of ketones is 1. The van der Waals surface area contributed by atoms with Crippen molar-refractivity contribution in [1.29, 1.82) is 0 Å². The average Bonchev–Trinajstić information content (AvgIpc) is 2.66. The number of aromatic nitrogens is 3. The summed E-state index contributed by atoms with van der Waals surface area (Å²) in [6.45, 7) is 4.94. The van der Waals surface area contributed by atoms with Gasteiger partial charge >= 0.3 is 12.1 Å². The Balaban J connectivity index is 2.03. The number of pyridine rings is 1. The molecule has 0 saturated carbocycles. The lowest BCUT2D eigenvalue weighted by Gasteiger charge is -2.31. The predicted octanol–water partition coefficient (Wildman–Crippen LogP) is 2.55. The molecular weight excluding hydrogens is 371 g/mol. The van der Waals surface area contributed by atoms with Crippen molar-refractivity contribution in [3.8, 4) is 0 Å². The molecular formula is C19H23F3N5O+. The van der Waals surface area contributed by atoms with Crippen molar-refractivity contribution in [3.63, 3.8) is 0 Å². The van der Waals surface area contributed by atoms with Gasteiger partial charge in [-0.3, -0.25) is 4.79 Å². The number of piperidine rings is 1. The topological polar surface area (TPSA) is 84.8 Å². The van der Waals surface area contributed by atoms with Crippen LogP contribution in [0, 0.1) is 5.92 Å². The molecule has 0 amide bonds. The van der Waals surface area contributed by atoms with E-state index in [-0.39, 0.29) is 27.9 Å². The predicted molar refractivity (Wildman–Crippen MR) is 96.4 cm³/mol. The summed E-state index contributed by atoms with van der Waals surface area (Å²) in [7, 11) is 0. The van der Waals surface area contributed by atoms with Crippen LogP contribution in [0.4, 0.5) is 19.0 Å². The minimum absolute atomic E-state index is 0.0191. The zero-order chi connectivity index (χ0) is 20.5. The number of rotatable bonds is 4. The van der Waals surface area contributed by atoms with Crippen LogP contribution in [0.25, 0.3) is 0 Å². The number of carbonyl (C=O) groups excluding carboxylic acids is 1. The van der Waals surface area contributed by atoms with Gasteiger partial charge in [0.2, 0.25) is 0 Å². The van der Waals surface area contributed by atoms with Crippen molar-refractivity contribution >= 4 is 11.6 Å². The molecule has 6 nitrogen and oxygen atoms in total. The van der Waals surface area contributed by atoms with E-state index in [4.69, 9.17) is 5.73 Å². The van der Waals surface area contributed by atoms with Crippen molar-refractivity contribution in [2.45, 2.75) is 44.9 Å². The fraction of sp³-hybridized carbons (Fsp3) is 0.474. The fourth-order valence-electron chi connectivity index (χ4n) is 3.48. The molecule has 1 fully saturated rings. The van der Waals surface area contributed by atoms with Crippen LogP contribution in [-0.2, 0) is 6.30 Å². The molecule has 9 heteroatoms. The Morgan fingerprint density at radius 3 is 2.75 bits per heavy atom. The SMILES string of the molecule is CC(C)[C@H]1CC(c2cc[n+](C(F)(F)F)c(C(=O)c3cccnc3N)n2)CCN1. The summed E-state index contributed by atoms with van der Waals surface area (Å²) in [4.78, 5) is 20.8. The Kier molecular flexibility index (Phi) is 5.64. The smallest absolute Gasteiger partial charge is 0.383 e. The van der Waals surface area contributed by atoms with Gasteiger partial charge in [-0.1, -0.05) is 13.8 Å². The second-order valence-electron chi connectivity index (χ2n) is 7.31. The van der Waals surface area contributed by atoms with E-state index in [1.165, 1.54) is 24.4 Å². The van der Waals surface area contributed by atoms with Gasteiger partial charge in [0.05, 0.1) is 5.56 Å². The van der Waals surface area contributed by atoms with E-state index in [1.807, 2.05) is 0 Å². The third-order valence-corrected chi connectivity index (χ3v) is 5.08. The van der Waals surface area contributed by atoms with E-state index < -0.39 is 17.9 Å². The van der Waals surface area contributed by atoms with Gasteiger partial charge in [0, 0.05) is 24.2 Å². The lowest BCUT2D eigenvalue weighted by Crippen LogP contribution is -2.53. The van der Waals surface area contributed by atoms with Gasteiger partial charge in [0.15, 0.2) is 5.69 Å². The summed E-state index contributed by atoms with van der Waals surface area (Å²) in [6, 6.07) is 4.40. The lowest BCUT2D eigenvalue weighted by atomic mass is 9.85. The number of hydrogen-bond donors (Lipinski definition) is 2. The first kappa shape index (κ1) is 20.2. The van der Waals surface area contributed by atoms with E-state index >= 15 is 0 Å². The quantitative estimate of drug-likeness (QED) is 0.615. The highest BCUT2D eigenvalue weighted by Gasteiger charge is 2.44. The second-order valence-corrected chi connectivity index (χ2v) is 7.31. The molecule has 0 aliphatic carbocycles. The number of nitrogen functional groups attached to an aromatic ring is 1. The van der Waals surface area contributed by atoms with Crippen LogP contribution in [0.5, 0.6) is 0 Å². The van der Waals surface area contributed by atoms with E-state index in [1.54, 1.807) is 0 Å².